The molecule has 0 spiro atoms. The van der Waals surface area contributed by atoms with Gasteiger partial charge in [0.25, 0.3) is 0 Å². The zero-order chi connectivity index (χ0) is 14.4. The van der Waals surface area contributed by atoms with E-state index in [0.717, 1.165) is 15.6 Å². The molecular weight excluding hydrogens is 318 g/mol. The van der Waals surface area contributed by atoms with Crippen molar-refractivity contribution < 1.29 is 9.90 Å². The molecule has 0 aliphatic rings. The lowest BCUT2D eigenvalue weighted by Crippen LogP contribution is -2.29. The van der Waals surface area contributed by atoms with Crippen molar-refractivity contribution in [1.82, 2.24) is 5.32 Å². The smallest absolute Gasteiger partial charge is 0.224 e. The molecule has 2 rings (SSSR count). The van der Waals surface area contributed by atoms with Gasteiger partial charge in [-0.15, -0.1) is 0 Å². The van der Waals surface area contributed by atoms with Crippen LogP contribution in [-0.4, -0.2) is 17.6 Å². The Labute approximate surface area is 126 Å². The quantitative estimate of drug-likeness (QED) is 0.883. The summed E-state index contributed by atoms with van der Waals surface area (Å²) in [5, 5.41) is 12.7. The van der Waals surface area contributed by atoms with E-state index in [1.165, 1.54) is 0 Å². The minimum absolute atomic E-state index is 0.0951. The molecule has 0 bridgehead atoms. The van der Waals surface area contributed by atoms with Crippen LogP contribution < -0.4 is 5.32 Å². The van der Waals surface area contributed by atoms with Gasteiger partial charge in [-0.2, -0.15) is 0 Å². The maximum atomic E-state index is 11.8. The summed E-state index contributed by atoms with van der Waals surface area (Å²) in [5.41, 5.74) is 1.75. The fraction of sp³-hybridized carbons (Fsp3) is 0.188. The van der Waals surface area contributed by atoms with Crippen LogP contribution in [0.5, 0.6) is 0 Å². The lowest BCUT2D eigenvalue weighted by Gasteiger charge is -2.12. The molecule has 20 heavy (non-hydrogen) atoms. The van der Waals surface area contributed by atoms with Gasteiger partial charge in [0.05, 0.1) is 12.5 Å². The van der Waals surface area contributed by atoms with E-state index in [4.69, 9.17) is 0 Å². The standard InChI is InChI=1S/C16H16BrNO2/c17-14-8-6-12(7-9-14)10-16(20)18-11-15(19)13-4-2-1-3-5-13/h1-9,15,19H,10-11H2,(H,18,20). The van der Waals surface area contributed by atoms with Crippen LogP contribution in [0.1, 0.15) is 17.2 Å². The van der Waals surface area contributed by atoms with Crippen LogP contribution >= 0.6 is 15.9 Å². The Hall–Kier alpha value is -1.65. The molecule has 2 N–H and O–H groups in total. The number of aliphatic hydroxyl groups is 1. The monoisotopic (exact) mass is 333 g/mol. The summed E-state index contributed by atoms with van der Waals surface area (Å²) in [7, 11) is 0. The first-order chi connectivity index (χ1) is 9.65. The number of amides is 1. The van der Waals surface area contributed by atoms with E-state index in [-0.39, 0.29) is 12.5 Å². The molecule has 4 heteroatoms. The molecule has 2 aromatic rings. The average Bonchev–Trinajstić information content (AvgIpc) is 2.48. The van der Waals surface area contributed by atoms with Crippen LogP contribution in [0, 0.1) is 0 Å². The second-order valence-corrected chi connectivity index (χ2v) is 5.45. The number of halogens is 1. The average molecular weight is 334 g/mol. The van der Waals surface area contributed by atoms with Gasteiger partial charge in [0, 0.05) is 11.0 Å². The minimum atomic E-state index is -0.676. The van der Waals surface area contributed by atoms with Crippen molar-refractivity contribution in [3.8, 4) is 0 Å². The molecule has 3 nitrogen and oxygen atoms in total. The van der Waals surface area contributed by atoms with Crippen LogP contribution in [0.25, 0.3) is 0 Å². The highest BCUT2D eigenvalue weighted by atomic mass is 79.9. The highest BCUT2D eigenvalue weighted by molar-refractivity contribution is 9.10. The topological polar surface area (TPSA) is 49.3 Å². The molecule has 0 fully saturated rings. The zero-order valence-electron chi connectivity index (χ0n) is 10.9. The van der Waals surface area contributed by atoms with E-state index in [9.17, 15) is 9.90 Å². The summed E-state index contributed by atoms with van der Waals surface area (Å²) < 4.78 is 0.987. The van der Waals surface area contributed by atoms with Crippen LogP contribution in [0.15, 0.2) is 59.1 Å². The first-order valence-corrected chi connectivity index (χ1v) is 7.18. The van der Waals surface area contributed by atoms with Crippen molar-refractivity contribution in [3.63, 3.8) is 0 Å². The van der Waals surface area contributed by atoms with Gasteiger partial charge in [-0.1, -0.05) is 58.4 Å². The largest absolute Gasteiger partial charge is 0.387 e. The Kier molecular flexibility index (Phi) is 5.32. The maximum absolute atomic E-state index is 11.8. The third-order valence-electron chi connectivity index (χ3n) is 2.95. The molecule has 2 aromatic carbocycles. The van der Waals surface area contributed by atoms with Crippen molar-refractivity contribution in [3.05, 3.63) is 70.2 Å². The molecule has 1 atom stereocenters. The molecular formula is C16H16BrNO2. The Morgan fingerprint density at radius 3 is 2.40 bits per heavy atom. The first kappa shape index (κ1) is 14.8. The van der Waals surface area contributed by atoms with Crippen molar-refractivity contribution in [2.75, 3.05) is 6.54 Å². The molecule has 1 amide bonds. The number of carbonyl (C=O) groups excluding carboxylic acids is 1. The van der Waals surface area contributed by atoms with Gasteiger partial charge in [-0.25, -0.2) is 0 Å². The SMILES string of the molecule is O=C(Cc1ccc(Br)cc1)NCC(O)c1ccccc1. The summed E-state index contributed by atoms with van der Waals surface area (Å²) >= 11 is 3.35. The predicted molar refractivity (Wildman–Crippen MR) is 82.3 cm³/mol. The summed E-state index contributed by atoms with van der Waals surface area (Å²) in [6, 6.07) is 16.9. The molecule has 1 unspecified atom stereocenters. The molecule has 0 saturated heterocycles. The van der Waals surface area contributed by atoms with Crippen LogP contribution in [-0.2, 0) is 11.2 Å². The van der Waals surface area contributed by atoms with Gasteiger partial charge < -0.3 is 10.4 Å². The van der Waals surface area contributed by atoms with Gasteiger partial charge in [0.1, 0.15) is 0 Å². The third kappa shape index (κ3) is 4.47. The van der Waals surface area contributed by atoms with Crippen molar-refractivity contribution in [2.45, 2.75) is 12.5 Å². The number of carbonyl (C=O) groups is 1. The first-order valence-electron chi connectivity index (χ1n) is 6.39. The molecule has 0 aliphatic carbocycles. The lowest BCUT2D eigenvalue weighted by molar-refractivity contribution is -0.120. The molecule has 0 heterocycles. The van der Waals surface area contributed by atoms with Crippen LogP contribution in [0.2, 0.25) is 0 Å². The molecule has 0 radical (unpaired) electrons. The fourth-order valence-electron chi connectivity index (χ4n) is 1.85. The number of hydrogen-bond donors (Lipinski definition) is 2. The lowest BCUT2D eigenvalue weighted by atomic mass is 10.1. The Balaban J connectivity index is 1.82. The van der Waals surface area contributed by atoms with Crippen LogP contribution in [0.3, 0.4) is 0 Å². The maximum Gasteiger partial charge on any atom is 0.224 e. The molecule has 0 aliphatic heterocycles. The van der Waals surface area contributed by atoms with Crippen LogP contribution in [0.4, 0.5) is 0 Å². The number of aliphatic hydroxyl groups excluding tert-OH is 1. The number of hydrogen-bond acceptors (Lipinski definition) is 2. The third-order valence-corrected chi connectivity index (χ3v) is 3.48. The fourth-order valence-corrected chi connectivity index (χ4v) is 2.12. The summed E-state index contributed by atoms with van der Waals surface area (Å²) in [4.78, 5) is 11.8. The Bertz CT molecular complexity index is 554. The van der Waals surface area contributed by atoms with Crippen molar-refractivity contribution in [1.29, 1.82) is 0 Å². The summed E-state index contributed by atoms with van der Waals surface area (Å²) in [6.07, 6.45) is -0.362. The summed E-state index contributed by atoms with van der Waals surface area (Å²) in [6.45, 7) is 0.222. The van der Waals surface area contributed by atoms with E-state index < -0.39 is 6.10 Å². The van der Waals surface area contributed by atoms with E-state index in [2.05, 4.69) is 21.2 Å². The van der Waals surface area contributed by atoms with E-state index in [1.54, 1.807) is 0 Å². The summed E-state index contributed by atoms with van der Waals surface area (Å²) in [5.74, 6) is -0.0951. The highest BCUT2D eigenvalue weighted by Gasteiger charge is 2.09. The van der Waals surface area contributed by atoms with Gasteiger partial charge in [0.15, 0.2) is 0 Å². The second-order valence-electron chi connectivity index (χ2n) is 4.53. The van der Waals surface area contributed by atoms with Crippen molar-refractivity contribution >= 4 is 21.8 Å². The number of rotatable bonds is 5. The van der Waals surface area contributed by atoms with Crippen molar-refractivity contribution in [2.24, 2.45) is 0 Å². The normalized spacial score (nSPS) is 11.9. The van der Waals surface area contributed by atoms with E-state index in [0.29, 0.717) is 6.42 Å². The zero-order valence-corrected chi connectivity index (χ0v) is 12.5. The van der Waals surface area contributed by atoms with E-state index in [1.807, 2.05) is 54.6 Å². The van der Waals surface area contributed by atoms with Gasteiger partial charge in [-0.05, 0) is 23.3 Å². The van der Waals surface area contributed by atoms with Gasteiger partial charge >= 0.3 is 0 Å². The molecule has 104 valence electrons. The number of benzene rings is 2. The molecule has 0 saturated carbocycles. The molecule has 0 aromatic heterocycles. The minimum Gasteiger partial charge on any atom is -0.387 e. The van der Waals surface area contributed by atoms with Gasteiger partial charge in [-0.3, -0.25) is 4.79 Å². The Morgan fingerprint density at radius 2 is 1.75 bits per heavy atom. The second kappa shape index (κ2) is 7.22. The van der Waals surface area contributed by atoms with E-state index >= 15 is 0 Å². The number of nitrogens with one attached hydrogen (secondary N) is 1. The highest BCUT2D eigenvalue weighted by Crippen LogP contribution is 2.12. The predicted octanol–water partition coefficient (Wildman–Crippen LogP) is 2.84. The van der Waals surface area contributed by atoms with Gasteiger partial charge in [0.2, 0.25) is 5.91 Å². The Morgan fingerprint density at radius 1 is 1.10 bits per heavy atom.